The number of hydrogen-bond acceptors (Lipinski definition) is 2. The quantitative estimate of drug-likeness (QED) is 0.894. The molecule has 1 aliphatic rings. The van der Waals surface area contributed by atoms with E-state index >= 15 is 0 Å². The van der Waals surface area contributed by atoms with Gasteiger partial charge in [0.15, 0.2) is 0 Å². The number of sulfonamides is 1. The SMILES string of the molecule is CC(C)S(=O)(=O)NC1CCc2ccccc2C1. The van der Waals surface area contributed by atoms with Gasteiger partial charge in [0.25, 0.3) is 0 Å². The van der Waals surface area contributed by atoms with E-state index in [0.717, 1.165) is 19.3 Å². The van der Waals surface area contributed by atoms with Crippen molar-refractivity contribution in [2.75, 3.05) is 0 Å². The van der Waals surface area contributed by atoms with Crippen molar-refractivity contribution in [2.45, 2.75) is 44.4 Å². The van der Waals surface area contributed by atoms with Crippen LogP contribution in [-0.4, -0.2) is 19.7 Å². The molecule has 0 heterocycles. The third kappa shape index (κ3) is 2.87. The van der Waals surface area contributed by atoms with Gasteiger partial charge in [-0.15, -0.1) is 0 Å². The molecule has 4 heteroatoms. The van der Waals surface area contributed by atoms with Gasteiger partial charge in [0.05, 0.1) is 5.25 Å². The molecule has 1 unspecified atom stereocenters. The summed E-state index contributed by atoms with van der Waals surface area (Å²) in [6.07, 6.45) is 2.66. The molecule has 0 aliphatic heterocycles. The second kappa shape index (κ2) is 4.78. The Morgan fingerprint density at radius 2 is 1.88 bits per heavy atom. The van der Waals surface area contributed by atoms with Gasteiger partial charge in [0.2, 0.25) is 10.0 Å². The van der Waals surface area contributed by atoms with E-state index in [1.165, 1.54) is 11.1 Å². The van der Waals surface area contributed by atoms with Gasteiger partial charge < -0.3 is 0 Å². The maximum absolute atomic E-state index is 11.8. The van der Waals surface area contributed by atoms with E-state index in [-0.39, 0.29) is 11.3 Å². The highest BCUT2D eigenvalue weighted by atomic mass is 32.2. The molecule has 1 aromatic rings. The first-order chi connectivity index (χ1) is 7.99. The molecule has 3 nitrogen and oxygen atoms in total. The molecule has 94 valence electrons. The van der Waals surface area contributed by atoms with E-state index in [4.69, 9.17) is 0 Å². The van der Waals surface area contributed by atoms with Crippen LogP contribution in [0, 0.1) is 0 Å². The molecule has 0 spiro atoms. The predicted octanol–water partition coefficient (Wildman–Crippen LogP) is 1.87. The van der Waals surface area contributed by atoms with Crippen LogP contribution in [0.15, 0.2) is 24.3 Å². The zero-order valence-electron chi connectivity index (χ0n) is 10.3. The average molecular weight is 253 g/mol. The minimum Gasteiger partial charge on any atom is -0.212 e. The molecule has 0 fully saturated rings. The Labute approximate surface area is 103 Å². The summed E-state index contributed by atoms with van der Waals surface area (Å²) < 4.78 is 26.4. The second-order valence-corrected chi connectivity index (χ2v) is 7.19. The van der Waals surface area contributed by atoms with E-state index in [1.54, 1.807) is 13.8 Å². The number of rotatable bonds is 3. The number of fused-ring (bicyclic) bond motifs is 1. The topological polar surface area (TPSA) is 46.2 Å². The van der Waals surface area contributed by atoms with Gasteiger partial charge >= 0.3 is 0 Å². The van der Waals surface area contributed by atoms with Gasteiger partial charge in [0.1, 0.15) is 0 Å². The average Bonchev–Trinajstić information content (AvgIpc) is 2.28. The molecule has 1 atom stereocenters. The highest BCUT2D eigenvalue weighted by Crippen LogP contribution is 2.21. The molecule has 0 radical (unpaired) electrons. The van der Waals surface area contributed by atoms with Crippen LogP contribution in [-0.2, 0) is 22.9 Å². The van der Waals surface area contributed by atoms with Crippen LogP contribution in [0.2, 0.25) is 0 Å². The predicted molar refractivity (Wildman–Crippen MR) is 69.4 cm³/mol. The highest BCUT2D eigenvalue weighted by molar-refractivity contribution is 7.90. The lowest BCUT2D eigenvalue weighted by molar-refractivity contribution is 0.503. The summed E-state index contributed by atoms with van der Waals surface area (Å²) in [5.41, 5.74) is 2.63. The number of benzene rings is 1. The first-order valence-corrected chi connectivity index (χ1v) is 7.61. The zero-order valence-corrected chi connectivity index (χ0v) is 11.1. The van der Waals surface area contributed by atoms with E-state index < -0.39 is 10.0 Å². The van der Waals surface area contributed by atoms with Crippen molar-refractivity contribution in [2.24, 2.45) is 0 Å². The first kappa shape index (κ1) is 12.6. The van der Waals surface area contributed by atoms with Gasteiger partial charge in [-0.2, -0.15) is 0 Å². The Morgan fingerprint density at radius 3 is 2.53 bits per heavy atom. The first-order valence-electron chi connectivity index (χ1n) is 6.07. The van der Waals surface area contributed by atoms with E-state index in [2.05, 4.69) is 16.9 Å². The van der Waals surface area contributed by atoms with E-state index in [9.17, 15) is 8.42 Å². The third-order valence-electron chi connectivity index (χ3n) is 3.30. The fourth-order valence-corrected chi connectivity index (χ4v) is 3.10. The Bertz CT molecular complexity index is 494. The Hall–Kier alpha value is -0.870. The van der Waals surface area contributed by atoms with Crippen LogP contribution in [0.25, 0.3) is 0 Å². The lowest BCUT2D eigenvalue weighted by atomic mass is 9.89. The lowest BCUT2D eigenvalue weighted by Gasteiger charge is -2.26. The van der Waals surface area contributed by atoms with Gasteiger partial charge in [-0.3, -0.25) is 0 Å². The smallest absolute Gasteiger partial charge is 0.212 e. The van der Waals surface area contributed by atoms with Crippen LogP contribution in [0.5, 0.6) is 0 Å². The van der Waals surface area contributed by atoms with Crippen LogP contribution in [0.1, 0.15) is 31.4 Å². The molecule has 0 saturated heterocycles. The Morgan fingerprint density at radius 1 is 1.24 bits per heavy atom. The van der Waals surface area contributed by atoms with Crippen molar-refractivity contribution in [3.8, 4) is 0 Å². The Kier molecular flexibility index (Phi) is 3.54. The minimum atomic E-state index is -3.15. The van der Waals surface area contributed by atoms with Crippen LogP contribution in [0.4, 0.5) is 0 Å². The molecule has 0 bridgehead atoms. The normalized spacial score (nSPS) is 20.3. The van der Waals surface area contributed by atoms with Gasteiger partial charge in [-0.25, -0.2) is 13.1 Å². The monoisotopic (exact) mass is 253 g/mol. The van der Waals surface area contributed by atoms with Crippen LogP contribution < -0.4 is 4.72 Å². The molecule has 1 aromatic carbocycles. The molecule has 0 saturated carbocycles. The maximum Gasteiger partial charge on any atom is 0.214 e. The fourth-order valence-electron chi connectivity index (χ4n) is 2.17. The maximum atomic E-state index is 11.8. The second-order valence-electron chi connectivity index (χ2n) is 4.92. The van der Waals surface area contributed by atoms with Gasteiger partial charge in [-0.1, -0.05) is 24.3 Å². The van der Waals surface area contributed by atoms with Crippen molar-refractivity contribution in [1.82, 2.24) is 4.72 Å². The van der Waals surface area contributed by atoms with E-state index in [0.29, 0.717) is 0 Å². The minimum absolute atomic E-state index is 0.0531. The largest absolute Gasteiger partial charge is 0.214 e. The van der Waals surface area contributed by atoms with Crippen LogP contribution in [0.3, 0.4) is 0 Å². The van der Waals surface area contributed by atoms with Crippen LogP contribution >= 0.6 is 0 Å². The molecule has 1 aliphatic carbocycles. The summed E-state index contributed by atoms with van der Waals surface area (Å²) in [4.78, 5) is 0. The third-order valence-corrected chi connectivity index (χ3v) is 5.20. The Balaban J connectivity index is 2.09. The van der Waals surface area contributed by atoms with Gasteiger partial charge in [-0.05, 0) is 44.2 Å². The summed E-state index contributed by atoms with van der Waals surface area (Å²) >= 11 is 0. The van der Waals surface area contributed by atoms with Gasteiger partial charge in [0, 0.05) is 6.04 Å². The highest BCUT2D eigenvalue weighted by Gasteiger charge is 2.24. The lowest BCUT2D eigenvalue weighted by Crippen LogP contribution is -2.42. The molecule has 17 heavy (non-hydrogen) atoms. The van der Waals surface area contributed by atoms with Crippen molar-refractivity contribution >= 4 is 10.0 Å². The van der Waals surface area contributed by atoms with Crippen molar-refractivity contribution in [1.29, 1.82) is 0 Å². The van der Waals surface area contributed by atoms with Crippen molar-refractivity contribution in [3.05, 3.63) is 35.4 Å². The zero-order chi connectivity index (χ0) is 12.5. The summed E-state index contributed by atoms with van der Waals surface area (Å²) in [7, 11) is -3.15. The molecule has 2 rings (SSSR count). The molecule has 1 N–H and O–H groups in total. The van der Waals surface area contributed by atoms with E-state index in [1.807, 2.05) is 12.1 Å². The molecule has 0 amide bonds. The number of nitrogens with one attached hydrogen (secondary N) is 1. The number of hydrogen-bond donors (Lipinski definition) is 1. The molecular formula is C13H19NO2S. The molecular weight excluding hydrogens is 234 g/mol. The summed E-state index contributed by atoms with van der Waals surface area (Å²) in [6, 6.07) is 8.32. The molecule has 0 aromatic heterocycles. The van der Waals surface area contributed by atoms with Crippen molar-refractivity contribution in [3.63, 3.8) is 0 Å². The standard InChI is InChI=1S/C13H19NO2S/c1-10(2)17(15,16)14-13-8-7-11-5-3-4-6-12(11)9-13/h3-6,10,13-14H,7-9H2,1-2H3. The summed E-state index contributed by atoms with van der Waals surface area (Å²) in [6.45, 7) is 3.41. The van der Waals surface area contributed by atoms with Crippen molar-refractivity contribution < 1.29 is 8.42 Å². The summed E-state index contributed by atoms with van der Waals surface area (Å²) in [5, 5.41) is -0.361. The summed E-state index contributed by atoms with van der Waals surface area (Å²) in [5.74, 6) is 0. The fraction of sp³-hybridized carbons (Fsp3) is 0.538. The number of aryl methyl sites for hydroxylation is 1.